The summed E-state index contributed by atoms with van der Waals surface area (Å²) in [6, 6.07) is -0.994. The summed E-state index contributed by atoms with van der Waals surface area (Å²) in [6.45, 7) is 3.63. The van der Waals surface area contributed by atoms with Crippen molar-refractivity contribution >= 4 is 5.91 Å². The number of hydrogen-bond acceptors (Lipinski definition) is 9. The lowest BCUT2D eigenvalue weighted by Crippen LogP contribution is -2.60. The molecule has 69 heavy (non-hydrogen) atoms. The number of aliphatic hydroxyl groups is 6. The van der Waals surface area contributed by atoms with E-state index in [1.54, 1.807) is 6.08 Å². The van der Waals surface area contributed by atoms with E-state index in [1.165, 1.54) is 218 Å². The summed E-state index contributed by atoms with van der Waals surface area (Å²) < 4.78 is 11.2. The van der Waals surface area contributed by atoms with Gasteiger partial charge in [-0.1, -0.05) is 276 Å². The molecule has 8 atom stereocenters. The molecule has 0 bridgehead atoms. The number of unbranched alkanes of at least 4 members (excludes halogenated alkanes) is 38. The van der Waals surface area contributed by atoms with Crippen LogP contribution in [0.4, 0.5) is 0 Å². The molecule has 0 saturated carbocycles. The Morgan fingerprint density at radius 3 is 1.26 bits per heavy atom. The van der Waals surface area contributed by atoms with Crippen molar-refractivity contribution in [2.75, 3.05) is 13.2 Å². The van der Waals surface area contributed by atoms with Crippen LogP contribution in [-0.2, 0) is 14.3 Å². The number of amides is 1. The maximum absolute atomic E-state index is 13.1. The van der Waals surface area contributed by atoms with Crippen molar-refractivity contribution in [1.29, 1.82) is 0 Å². The predicted octanol–water partition coefficient (Wildman–Crippen LogP) is 13.5. The summed E-state index contributed by atoms with van der Waals surface area (Å²) in [5.74, 6) is -0.621. The Kier molecular flexibility index (Phi) is 46.5. The highest BCUT2D eigenvalue weighted by Crippen LogP contribution is 2.23. The molecule has 1 fully saturated rings. The SMILES string of the molecule is CCCCCCCCCCCC/C=C/CC/C=C/C(O)C(COC1OC(CO)C(O)C(O)C1O)NC(=O)C(O)CCCCCCCCCCCCCCCCCCCCCCCCCCCCCC. The standard InChI is InChI=1S/C59H113NO9/c1-3-5-7-9-11-13-15-17-19-21-22-23-24-25-26-27-28-29-30-31-32-34-36-38-40-42-44-46-48-53(63)58(67)60-51(50-68-59-57(66)56(65)55(64)54(49-61)69-59)52(62)47-45-43-41-39-37-35-33-20-18-16-14-12-10-8-6-4-2/h37,39,45,47,51-57,59,61-66H,3-36,38,40-44,46,48-50H2,1-2H3,(H,60,67)/b39-37+,47-45+. The Labute approximate surface area is 424 Å². The summed E-state index contributed by atoms with van der Waals surface area (Å²) in [7, 11) is 0. The number of rotatable bonds is 51. The fourth-order valence-electron chi connectivity index (χ4n) is 9.59. The molecule has 0 aromatic rings. The first-order chi connectivity index (χ1) is 33.8. The second-order valence-corrected chi connectivity index (χ2v) is 20.9. The fourth-order valence-corrected chi connectivity index (χ4v) is 9.59. The molecular formula is C59H113NO9. The van der Waals surface area contributed by atoms with Crippen LogP contribution in [-0.4, -0.2) is 98.7 Å². The quantitative estimate of drug-likeness (QED) is 0.0232. The largest absolute Gasteiger partial charge is 0.394 e. The summed E-state index contributed by atoms with van der Waals surface area (Å²) >= 11 is 0. The Balaban J connectivity index is 2.22. The molecule has 8 unspecified atom stereocenters. The van der Waals surface area contributed by atoms with Crippen LogP contribution in [0.3, 0.4) is 0 Å². The van der Waals surface area contributed by atoms with Gasteiger partial charge in [-0.3, -0.25) is 4.79 Å². The molecule has 1 heterocycles. The minimum absolute atomic E-state index is 0.308. The van der Waals surface area contributed by atoms with Gasteiger partial charge in [0.25, 0.3) is 0 Å². The summed E-state index contributed by atoms with van der Waals surface area (Å²) in [4.78, 5) is 13.1. The predicted molar refractivity (Wildman–Crippen MR) is 287 cm³/mol. The molecule has 7 N–H and O–H groups in total. The maximum atomic E-state index is 13.1. The molecule has 0 spiro atoms. The molecule has 1 aliphatic rings. The van der Waals surface area contributed by atoms with E-state index in [2.05, 4.69) is 31.3 Å². The highest BCUT2D eigenvalue weighted by molar-refractivity contribution is 5.80. The number of hydrogen-bond donors (Lipinski definition) is 7. The molecule has 0 radical (unpaired) electrons. The van der Waals surface area contributed by atoms with Gasteiger partial charge in [0.05, 0.1) is 25.4 Å². The van der Waals surface area contributed by atoms with E-state index in [0.29, 0.717) is 12.8 Å². The van der Waals surface area contributed by atoms with Gasteiger partial charge in [-0.15, -0.1) is 0 Å². The number of carbonyl (C=O) groups excluding carboxylic acids is 1. The summed E-state index contributed by atoms with van der Waals surface area (Å²) in [6.07, 6.45) is 51.5. The molecule has 1 saturated heterocycles. The zero-order valence-corrected chi connectivity index (χ0v) is 44.9. The van der Waals surface area contributed by atoms with Gasteiger partial charge in [0.2, 0.25) is 5.91 Å². The Hall–Kier alpha value is -1.37. The zero-order valence-electron chi connectivity index (χ0n) is 44.9. The Morgan fingerprint density at radius 2 is 0.855 bits per heavy atom. The minimum atomic E-state index is -1.61. The van der Waals surface area contributed by atoms with Crippen LogP contribution >= 0.6 is 0 Å². The average Bonchev–Trinajstić information content (AvgIpc) is 3.35. The third-order valence-corrected chi connectivity index (χ3v) is 14.4. The van der Waals surface area contributed by atoms with Crippen LogP contribution in [0.5, 0.6) is 0 Å². The highest BCUT2D eigenvalue weighted by Gasteiger charge is 2.44. The molecule has 0 aliphatic carbocycles. The first kappa shape index (κ1) is 65.6. The molecular weight excluding hydrogens is 867 g/mol. The second-order valence-electron chi connectivity index (χ2n) is 20.9. The average molecular weight is 981 g/mol. The van der Waals surface area contributed by atoms with Crippen LogP contribution in [0.15, 0.2) is 24.3 Å². The molecule has 10 heteroatoms. The van der Waals surface area contributed by atoms with Crippen molar-refractivity contribution in [1.82, 2.24) is 5.32 Å². The highest BCUT2D eigenvalue weighted by atomic mass is 16.7. The normalized spacial score (nSPS) is 20.0. The lowest BCUT2D eigenvalue weighted by Gasteiger charge is -2.40. The summed E-state index contributed by atoms with van der Waals surface area (Å²) in [5.41, 5.74) is 0. The second kappa shape index (κ2) is 48.9. The van der Waals surface area contributed by atoms with Gasteiger partial charge in [-0.25, -0.2) is 0 Å². The maximum Gasteiger partial charge on any atom is 0.249 e. The van der Waals surface area contributed by atoms with Gasteiger partial charge in [0.1, 0.15) is 30.5 Å². The third kappa shape index (κ3) is 38.0. The van der Waals surface area contributed by atoms with Crippen LogP contribution in [0.1, 0.15) is 284 Å². The van der Waals surface area contributed by atoms with E-state index in [0.717, 1.165) is 38.5 Å². The number of ether oxygens (including phenoxy) is 2. The third-order valence-electron chi connectivity index (χ3n) is 14.4. The fraction of sp³-hybridized carbons (Fsp3) is 0.915. The van der Waals surface area contributed by atoms with E-state index in [1.807, 2.05) is 6.08 Å². The molecule has 0 aromatic heterocycles. The smallest absolute Gasteiger partial charge is 0.249 e. The van der Waals surface area contributed by atoms with Crippen molar-refractivity contribution in [3.63, 3.8) is 0 Å². The van der Waals surface area contributed by atoms with Crippen LogP contribution in [0, 0.1) is 0 Å². The van der Waals surface area contributed by atoms with E-state index in [9.17, 15) is 35.4 Å². The van der Waals surface area contributed by atoms with Crippen LogP contribution < -0.4 is 5.32 Å². The van der Waals surface area contributed by atoms with Crippen molar-refractivity contribution in [2.45, 2.75) is 332 Å². The molecule has 1 aliphatic heterocycles. The van der Waals surface area contributed by atoms with Crippen molar-refractivity contribution < 1.29 is 44.9 Å². The van der Waals surface area contributed by atoms with Crippen molar-refractivity contribution in [3.05, 3.63) is 24.3 Å². The lowest BCUT2D eigenvalue weighted by atomic mass is 9.99. The topological polar surface area (TPSA) is 169 Å². The first-order valence-electron chi connectivity index (χ1n) is 29.7. The lowest BCUT2D eigenvalue weighted by molar-refractivity contribution is -0.302. The Bertz CT molecular complexity index is 1150. The van der Waals surface area contributed by atoms with Gasteiger partial charge >= 0.3 is 0 Å². The van der Waals surface area contributed by atoms with Gasteiger partial charge in [0, 0.05) is 0 Å². The van der Waals surface area contributed by atoms with E-state index >= 15 is 0 Å². The number of allylic oxidation sites excluding steroid dienone is 3. The molecule has 408 valence electrons. The Morgan fingerprint density at radius 1 is 0.493 bits per heavy atom. The zero-order chi connectivity index (χ0) is 50.3. The number of aliphatic hydroxyl groups excluding tert-OH is 6. The van der Waals surface area contributed by atoms with Gasteiger partial charge in [0.15, 0.2) is 6.29 Å². The molecule has 10 nitrogen and oxygen atoms in total. The van der Waals surface area contributed by atoms with E-state index in [4.69, 9.17) is 9.47 Å². The first-order valence-corrected chi connectivity index (χ1v) is 29.7. The van der Waals surface area contributed by atoms with Crippen molar-refractivity contribution in [2.24, 2.45) is 0 Å². The van der Waals surface area contributed by atoms with Crippen LogP contribution in [0.25, 0.3) is 0 Å². The molecule has 0 aromatic carbocycles. The summed E-state index contributed by atoms with van der Waals surface area (Å²) in [5, 5.41) is 65.0. The van der Waals surface area contributed by atoms with Gasteiger partial charge < -0.3 is 45.4 Å². The van der Waals surface area contributed by atoms with E-state index < -0.39 is 61.5 Å². The number of nitrogens with one attached hydrogen (secondary N) is 1. The van der Waals surface area contributed by atoms with Crippen molar-refractivity contribution in [3.8, 4) is 0 Å². The van der Waals surface area contributed by atoms with Crippen LogP contribution in [0.2, 0.25) is 0 Å². The van der Waals surface area contributed by atoms with E-state index in [-0.39, 0.29) is 6.61 Å². The monoisotopic (exact) mass is 980 g/mol. The number of carbonyl (C=O) groups is 1. The van der Waals surface area contributed by atoms with Gasteiger partial charge in [-0.05, 0) is 32.1 Å². The minimum Gasteiger partial charge on any atom is -0.394 e. The van der Waals surface area contributed by atoms with Gasteiger partial charge in [-0.2, -0.15) is 0 Å². The molecule has 1 rings (SSSR count). The molecule has 1 amide bonds.